The van der Waals surface area contributed by atoms with E-state index >= 15 is 0 Å². The van der Waals surface area contributed by atoms with Crippen molar-refractivity contribution in [2.24, 2.45) is 0 Å². The number of nitro groups is 1. The molecule has 0 saturated carbocycles. The fourth-order valence-corrected chi connectivity index (χ4v) is 4.08. The Morgan fingerprint density at radius 1 is 1.35 bits per heavy atom. The highest BCUT2D eigenvalue weighted by atomic mass is 32.2. The molecule has 2 aromatic rings. The van der Waals surface area contributed by atoms with Gasteiger partial charge >= 0.3 is 0 Å². The second-order valence-corrected chi connectivity index (χ2v) is 7.77. The first kappa shape index (κ1) is 17.1. The molecule has 0 fully saturated rings. The molecule has 1 aromatic carbocycles. The number of benzene rings is 1. The molecule has 122 valence electrons. The van der Waals surface area contributed by atoms with E-state index in [2.05, 4.69) is 5.32 Å². The number of nitro benzene ring substituents is 1. The molecule has 0 bridgehead atoms. The van der Waals surface area contributed by atoms with E-state index in [1.54, 1.807) is 11.4 Å². The van der Waals surface area contributed by atoms with Gasteiger partial charge in [-0.15, -0.1) is 11.3 Å². The van der Waals surface area contributed by atoms with Gasteiger partial charge in [-0.05, 0) is 17.5 Å². The standard InChI is InChI=1S/C13H13N3O5S2/c1-15(23(20,21)13-6-3-7-22-13)9-12(17)14-10-4-2-5-11(8-10)16(18)19/h2-8H,9H2,1H3,(H,14,17). The van der Waals surface area contributed by atoms with E-state index in [1.807, 2.05) is 0 Å². The van der Waals surface area contributed by atoms with Crippen LogP contribution < -0.4 is 5.32 Å². The van der Waals surface area contributed by atoms with Crippen LogP contribution in [-0.2, 0) is 14.8 Å². The molecule has 1 amide bonds. The largest absolute Gasteiger partial charge is 0.325 e. The third-order valence-electron chi connectivity index (χ3n) is 2.87. The highest BCUT2D eigenvalue weighted by molar-refractivity contribution is 7.91. The molecule has 1 aromatic heterocycles. The van der Waals surface area contributed by atoms with Crippen molar-refractivity contribution in [3.63, 3.8) is 0 Å². The first-order valence-electron chi connectivity index (χ1n) is 6.35. The van der Waals surface area contributed by atoms with E-state index in [0.29, 0.717) is 0 Å². The third kappa shape index (κ3) is 4.12. The molecule has 0 spiro atoms. The summed E-state index contributed by atoms with van der Waals surface area (Å²) < 4.78 is 25.4. The molecule has 0 aliphatic rings. The Balaban J connectivity index is 2.05. The predicted octanol–water partition coefficient (Wildman–Crippen LogP) is 1.92. The number of non-ortho nitro benzene ring substituents is 1. The van der Waals surface area contributed by atoms with Crippen LogP contribution in [-0.4, -0.2) is 37.1 Å². The number of nitrogens with one attached hydrogen (secondary N) is 1. The van der Waals surface area contributed by atoms with E-state index in [1.165, 1.54) is 37.4 Å². The average Bonchev–Trinajstić information content (AvgIpc) is 3.02. The topological polar surface area (TPSA) is 110 Å². The molecule has 1 heterocycles. The molecule has 0 saturated heterocycles. The summed E-state index contributed by atoms with van der Waals surface area (Å²) in [7, 11) is -2.43. The van der Waals surface area contributed by atoms with E-state index in [9.17, 15) is 23.3 Å². The molecule has 0 atom stereocenters. The van der Waals surface area contributed by atoms with Gasteiger partial charge in [0.05, 0.1) is 11.5 Å². The average molecular weight is 355 g/mol. The molecule has 0 unspecified atom stereocenters. The predicted molar refractivity (Wildman–Crippen MR) is 85.9 cm³/mol. The number of hydrogen-bond acceptors (Lipinski definition) is 6. The lowest BCUT2D eigenvalue weighted by Crippen LogP contribution is -2.34. The first-order chi connectivity index (χ1) is 10.8. The van der Waals surface area contributed by atoms with Gasteiger partial charge in [-0.1, -0.05) is 12.1 Å². The monoisotopic (exact) mass is 355 g/mol. The zero-order valence-electron chi connectivity index (χ0n) is 12.0. The van der Waals surface area contributed by atoms with E-state index < -0.39 is 27.4 Å². The Labute approximate surface area is 136 Å². The van der Waals surface area contributed by atoms with Crippen molar-refractivity contribution in [2.75, 3.05) is 18.9 Å². The summed E-state index contributed by atoms with van der Waals surface area (Å²) in [6, 6.07) is 8.47. The second kappa shape index (κ2) is 6.86. The van der Waals surface area contributed by atoms with Crippen molar-refractivity contribution in [1.82, 2.24) is 4.31 Å². The number of anilines is 1. The molecule has 10 heteroatoms. The zero-order valence-corrected chi connectivity index (χ0v) is 13.6. The summed E-state index contributed by atoms with van der Waals surface area (Å²) in [4.78, 5) is 22.0. The van der Waals surface area contributed by atoms with Crippen LogP contribution in [0.4, 0.5) is 11.4 Å². The lowest BCUT2D eigenvalue weighted by molar-refractivity contribution is -0.384. The quantitative estimate of drug-likeness (QED) is 0.629. The van der Waals surface area contributed by atoms with Crippen molar-refractivity contribution in [3.8, 4) is 0 Å². The molecule has 1 N–H and O–H groups in total. The van der Waals surface area contributed by atoms with E-state index in [0.717, 1.165) is 15.6 Å². The Hall–Kier alpha value is -2.30. The van der Waals surface area contributed by atoms with Crippen molar-refractivity contribution < 1.29 is 18.1 Å². The van der Waals surface area contributed by atoms with E-state index in [4.69, 9.17) is 0 Å². The van der Waals surface area contributed by atoms with Crippen LogP contribution in [0, 0.1) is 10.1 Å². The van der Waals surface area contributed by atoms with Crippen LogP contribution in [0.5, 0.6) is 0 Å². The maximum atomic E-state index is 12.2. The Kier molecular flexibility index (Phi) is 5.08. The molecule has 8 nitrogen and oxygen atoms in total. The SMILES string of the molecule is CN(CC(=O)Nc1cccc([N+](=O)[O-])c1)S(=O)(=O)c1cccs1. The number of thiophene rings is 1. The van der Waals surface area contributed by atoms with Gasteiger partial charge < -0.3 is 5.32 Å². The fourth-order valence-electron chi connectivity index (χ4n) is 1.75. The number of carbonyl (C=O) groups excluding carboxylic acids is 1. The van der Waals surface area contributed by atoms with Crippen molar-refractivity contribution in [1.29, 1.82) is 0 Å². The molecular weight excluding hydrogens is 342 g/mol. The summed E-state index contributed by atoms with van der Waals surface area (Å²) in [5.74, 6) is -0.590. The summed E-state index contributed by atoms with van der Waals surface area (Å²) in [5, 5.41) is 14.8. The smallest absolute Gasteiger partial charge is 0.271 e. The van der Waals surface area contributed by atoms with Crippen LogP contribution in [0.3, 0.4) is 0 Å². The summed E-state index contributed by atoms with van der Waals surface area (Å²) in [5.41, 5.74) is 0.0634. The fraction of sp³-hybridized carbons (Fsp3) is 0.154. The van der Waals surface area contributed by atoms with Gasteiger partial charge in [0.1, 0.15) is 4.21 Å². The summed E-state index contributed by atoms with van der Waals surface area (Å²) in [6.45, 7) is -0.400. The Morgan fingerprint density at radius 2 is 2.09 bits per heavy atom. The second-order valence-electron chi connectivity index (χ2n) is 4.55. The number of amides is 1. The molecule has 0 aliphatic heterocycles. The number of sulfonamides is 1. The van der Waals surface area contributed by atoms with Crippen LogP contribution in [0.1, 0.15) is 0 Å². The number of rotatable bonds is 6. The van der Waals surface area contributed by atoms with Gasteiger partial charge in [0.25, 0.3) is 15.7 Å². The van der Waals surface area contributed by atoms with Crippen molar-refractivity contribution >= 4 is 38.6 Å². The summed E-state index contributed by atoms with van der Waals surface area (Å²) >= 11 is 1.06. The van der Waals surface area contributed by atoms with Gasteiger partial charge in [-0.25, -0.2) is 8.42 Å². The minimum atomic E-state index is -3.72. The highest BCUT2D eigenvalue weighted by Gasteiger charge is 2.23. The van der Waals surface area contributed by atoms with E-state index in [-0.39, 0.29) is 15.6 Å². The van der Waals surface area contributed by atoms with Crippen molar-refractivity contribution in [2.45, 2.75) is 4.21 Å². The van der Waals surface area contributed by atoms with Gasteiger partial charge in [0.15, 0.2) is 0 Å². The van der Waals surface area contributed by atoms with Crippen LogP contribution in [0.2, 0.25) is 0 Å². The third-order valence-corrected chi connectivity index (χ3v) is 6.04. The molecular formula is C13H13N3O5S2. The number of carbonyl (C=O) groups is 1. The lowest BCUT2D eigenvalue weighted by atomic mass is 10.3. The molecule has 0 aliphatic carbocycles. The van der Waals surface area contributed by atoms with Gasteiger partial charge in [0, 0.05) is 24.9 Å². The Bertz CT molecular complexity index is 818. The molecule has 0 radical (unpaired) electrons. The first-order valence-corrected chi connectivity index (χ1v) is 8.67. The lowest BCUT2D eigenvalue weighted by Gasteiger charge is -2.15. The highest BCUT2D eigenvalue weighted by Crippen LogP contribution is 2.20. The van der Waals surface area contributed by atoms with Gasteiger partial charge in [-0.2, -0.15) is 4.31 Å². The number of likely N-dealkylation sites (N-methyl/N-ethyl adjacent to an activating group) is 1. The van der Waals surface area contributed by atoms with Crippen LogP contribution in [0.25, 0.3) is 0 Å². The van der Waals surface area contributed by atoms with Crippen LogP contribution >= 0.6 is 11.3 Å². The van der Waals surface area contributed by atoms with Crippen LogP contribution in [0.15, 0.2) is 46.0 Å². The number of nitrogens with zero attached hydrogens (tertiary/aromatic N) is 2. The van der Waals surface area contributed by atoms with Gasteiger partial charge in [0.2, 0.25) is 5.91 Å². The number of hydrogen-bond donors (Lipinski definition) is 1. The Morgan fingerprint density at radius 3 is 2.70 bits per heavy atom. The normalized spacial score (nSPS) is 11.4. The van der Waals surface area contributed by atoms with Crippen molar-refractivity contribution in [3.05, 3.63) is 51.9 Å². The zero-order chi connectivity index (χ0) is 17.0. The van der Waals surface area contributed by atoms with Gasteiger partial charge in [-0.3, -0.25) is 14.9 Å². The maximum absolute atomic E-state index is 12.2. The minimum Gasteiger partial charge on any atom is -0.325 e. The maximum Gasteiger partial charge on any atom is 0.271 e. The molecule has 23 heavy (non-hydrogen) atoms. The molecule has 2 rings (SSSR count). The summed E-state index contributed by atoms with van der Waals surface area (Å²) in [6.07, 6.45) is 0. The minimum absolute atomic E-state index is 0.142.